The third-order valence-electron chi connectivity index (χ3n) is 2.07. The molecule has 2 rings (SSSR count). The van der Waals surface area contributed by atoms with Gasteiger partial charge in [-0.25, -0.2) is 0 Å². The van der Waals surface area contributed by atoms with Gasteiger partial charge in [0.05, 0.1) is 11.9 Å². The average Bonchev–Trinajstić information content (AvgIpc) is 2.64. The Labute approximate surface area is 91.4 Å². The van der Waals surface area contributed by atoms with Crippen molar-refractivity contribution < 1.29 is 4.79 Å². The summed E-state index contributed by atoms with van der Waals surface area (Å²) >= 11 is 5.80. The molecule has 0 bridgehead atoms. The lowest BCUT2D eigenvalue weighted by Gasteiger charge is -2.04. The summed E-state index contributed by atoms with van der Waals surface area (Å²) in [5.74, 6) is -0.483. The monoisotopic (exact) mass is 221 g/mol. The molecular formula is C10H8ClN3O. The van der Waals surface area contributed by atoms with Crippen LogP contribution in [0.2, 0.25) is 0 Å². The molecule has 0 radical (unpaired) electrons. The summed E-state index contributed by atoms with van der Waals surface area (Å²) in [5.41, 5.74) is 7.01. The molecule has 5 heteroatoms. The zero-order valence-corrected chi connectivity index (χ0v) is 8.48. The van der Waals surface area contributed by atoms with Gasteiger partial charge in [-0.3, -0.25) is 4.79 Å². The molecular weight excluding hydrogens is 214 g/mol. The first-order valence-corrected chi connectivity index (χ1v) is 4.63. The van der Waals surface area contributed by atoms with Gasteiger partial charge in [0.15, 0.2) is 0 Å². The van der Waals surface area contributed by atoms with Crippen LogP contribution in [0.5, 0.6) is 0 Å². The molecule has 2 N–H and O–H groups in total. The lowest BCUT2D eigenvalue weighted by atomic mass is 10.0. The van der Waals surface area contributed by atoms with Crippen LogP contribution in [0.4, 0.5) is 0 Å². The number of halogens is 1. The van der Waals surface area contributed by atoms with E-state index in [2.05, 4.69) is 5.10 Å². The molecule has 0 saturated carbocycles. The fraction of sp³-hybridized carbons (Fsp3) is 0. The first-order chi connectivity index (χ1) is 7.20. The van der Waals surface area contributed by atoms with E-state index in [9.17, 15) is 4.79 Å². The van der Waals surface area contributed by atoms with Gasteiger partial charge < -0.3 is 5.73 Å². The number of nitrogens with two attached hydrogens (primary N) is 1. The van der Waals surface area contributed by atoms with E-state index in [1.165, 1.54) is 4.20 Å². The summed E-state index contributed by atoms with van der Waals surface area (Å²) in [7, 11) is 0. The predicted octanol–water partition coefficient (Wildman–Crippen LogP) is 1.65. The number of nitrogens with zero attached hydrogens (tertiary/aromatic N) is 2. The highest BCUT2D eigenvalue weighted by Gasteiger charge is 2.12. The normalized spacial score (nSPS) is 10.2. The van der Waals surface area contributed by atoms with Crippen LogP contribution in [-0.2, 0) is 0 Å². The number of hydrogen-bond acceptors (Lipinski definition) is 2. The maximum atomic E-state index is 11.2. The van der Waals surface area contributed by atoms with Crippen LogP contribution in [0.1, 0.15) is 10.4 Å². The first-order valence-electron chi connectivity index (χ1n) is 4.29. The molecule has 15 heavy (non-hydrogen) atoms. The third-order valence-corrected chi connectivity index (χ3v) is 2.34. The lowest BCUT2D eigenvalue weighted by molar-refractivity contribution is 0.100. The van der Waals surface area contributed by atoms with Gasteiger partial charge >= 0.3 is 0 Å². The van der Waals surface area contributed by atoms with E-state index in [0.717, 1.165) is 0 Å². The molecule has 0 aliphatic heterocycles. The molecule has 2 aromatic rings. The van der Waals surface area contributed by atoms with Gasteiger partial charge in [0.2, 0.25) is 5.91 Å². The van der Waals surface area contributed by atoms with Crippen LogP contribution in [-0.4, -0.2) is 15.2 Å². The highest BCUT2D eigenvalue weighted by Crippen LogP contribution is 2.23. The molecule has 1 aromatic heterocycles. The molecule has 4 nitrogen and oxygen atoms in total. The summed E-state index contributed by atoms with van der Waals surface area (Å²) in [6, 6.07) is 8.70. The number of amides is 1. The van der Waals surface area contributed by atoms with E-state index in [-0.39, 0.29) is 0 Å². The Morgan fingerprint density at radius 3 is 2.67 bits per heavy atom. The Morgan fingerprint density at radius 2 is 2.07 bits per heavy atom. The van der Waals surface area contributed by atoms with Gasteiger partial charge in [-0.15, -0.1) is 0 Å². The molecule has 1 amide bonds. The van der Waals surface area contributed by atoms with Crippen molar-refractivity contribution in [1.29, 1.82) is 0 Å². The maximum absolute atomic E-state index is 11.2. The van der Waals surface area contributed by atoms with Crippen molar-refractivity contribution in [2.24, 2.45) is 5.73 Å². The Bertz CT molecular complexity index is 507. The highest BCUT2D eigenvalue weighted by atomic mass is 35.5. The Morgan fingerprint density at radius 1 is 1.33 bits per heavy atom. The molecule has 1 aromatic carbocycles. The second-order valence-corrected chi connectivity index (χ2v) is 3.31. The number of hydrogen-bond donors (Lipinski definition) is 1. The van der Waals surface area contributed by atoms with Crippen molar-refractivity contribution in [3.8, 4) is 11.3 Å². The minimum atomic E-state index is -0.483. The van der Waals surface area contributed by atoms with Crippen molar-refractivity contribution in [3.63, 3.8) is 0 Å². The SMILES string of the molecule is NC(=O)c1ccccc1-c1ccnn1Cl. The third kappa shape index (κ3) is 1.71. The van der Waals surface area contributed by atoms with E-state index in [0.29, 0.717) is 16.8 Å². The minimum Gasteiger partial charge on any atom is -0.366 e. The van der Waals surface area contributed by atoms with E-state index in [1.54, 1.807) is 30.5 Å². The van der Waals surface area contributed by atoms with Crippen LogP contribution in [0.3, 0.4) is 0 Å². The molecule has 0 atom stereocenters. The van der Waals surface area contributed by atoms with E-state index in [1.807, 2.05) is 6.07 Å². The first kappa shape index (κ1) is 9.73. The predicted molar refractivity (Wildman–Crippen MR) is 57.4 cm³/mol. The maximum Gasteiger partial charge on any atom is 0.249 e. The lowest BCUT2D eigenvalue weighted by Crippen LogP contribution is -2.12. The van der Waals surface area contributed by atoms with Gasteiger partial charge in [-0.1, -0.05) is 18.2 Å². The molecule has 76 valence electrons. The molecule has 0 aliphatic carbocycles. The van der Waals surface area contributed by atoms with Crippen molar-refractivity contribution in [2.75, 3.05) is 0 Å². The molecule has 0 spiro atoms. The zero-order chi connectivity index (χ0) is 10.8. The quantitative estimate of drug-likeness (QED) is 0.838. The van der Waals surface area contributed by atoms with Crippen molar-refractivity contribution in [1.82, 2.24) is 9.30 Å². The summed E-state index contributed by atoms with van der Waals surface area (Å²) in [4.78, 5) is 11.2. The largest absolute Gasteiger partial charge is 0.366 e. The van der Waals surface area contributed by atoms with Gasteiger partial charge in [0.25, 0.3) is 0 Å². The Hall–Kier alpha value is -1.81. The number of carbonyl (C=O) groups excluding carboxylic acids is 1. The molecule has 0 saturated heterocycles. The summed E-state index contributed by atoms with van der Waals surface area (Å²) in [5, 5.41) is 3.82. The van der Waals surface area contributed by atoms with Gasteiger partial charge in [0, 0.05) is 22.9 Å². The van der Waals surface area contributed by atoms with E-state index in [4.69, 9.17) is 17.5 Å². The van der Waals surface area contributed by atoms with Gasteiger partial charge in [-0.05, 0) is 12.1 Å². The van der Waals surface area contributed by atoms with Crippen molar-refractivity contribution in [2.45, 2.75) is 0 Å². The molecule has 0 unspecified atom stereocenters. The molecule has 0 fully saturated rings. The van der Waals surface area contributed by atoms with Gasteiger partial charge in [-0.2, -0.15) is 9.30 Å². The van der Waals surface area contributed by atoms with Crippen LogP contribution >= 0.6 is 11.8 Å². The number of primary amides is 1. The molecule has 0 aliphatic rings. The van der Waals surface area contributed by atoms with Crippen LogP contribution < -0.4 is 5.73 Å². The fourth-order valence-electron chi connectivity index (χ4n) is 1.40. The van der Waals surface area contributed by atoms with Crippen LogP contribution in [0, 0.1) is 0 Å². The smallest absolute Gasteiger partial charge is 0.249 e. The van der Waals surface area contributed by atoms with Crippen molar-refractivity contribution >= 4 is 17.7 Å². The topological polar surface area (TPSA) is 60.9 Å². The van der Waals surface area contributed by atoms with Crippen LogP contribution in [0.25, 0.3) is 11.3 Å². The highest BCUT2D eigenvalue weighted by molar-refractivity contribution is 6.16. The fourth-order valence-corrected chi connectivity index (χ4v) is 1.59. The number of carbonyl (C=O) groups is 1. The number of rotatable bonds is 2. The molecule has 1 heterocycles. The Kier molecular flexibility index (Phi) is 2.43. The van der Waals surface area contributed by atoms with Crippen molar-refractivity contribution in [3.05, 3.63) is 42.1 Å². The summed E-state index contributed by atoms with van der Waals surface area (Å²) in [6.07, 6.45) is 1.56. The number of benzene rings is 1. The van der Waals surface area contributed by atoms with Gasteiger partial charge in [0.1, 0.15) is 0 Å². The second kappa shape index (κ2) is 3.74. The zero-order valence-electron chi connectivity index (χ0n) is 7.72. The number of aromatic nitrogens is 2. The van der Waals surface area contributed by atoms with E-state index < -0.39 is 5.91 Å². The standard InChI is InChI=1S/C10H8ClN3O/c11-14-9(5-6-13-14)7-3-1-2-4-8(7)10(12)15/h1-6H,(H2,12,15). The average molecular weight is 222 g/mol. The summed E-state index contributed by atoms with van der Waals surface area (Å²) in [6.45, 7) is 0. The minimum absolute atomic E-state index is 0.430. The van der Waals surface area contributed by atoms with Crippen LogP contribution in [0.15, 0.2) is 36.5 Å². The second-order valence-electron chi connectivity index (χ2n) is 2.99. The van der Waals surface area contributed by atoms with E-state index >= 15 is 0 Å². The Balaban J connectivity index is 2.63. The summed E-state index contributed by atoms with van der Waals surface area (Å²) < 4.78 is 1.18.